The van der Waals surface area contributed by atoms with Crippen molar-refractivity contribution in [3.8, 4) is 0 Å². The number of hydrazine groups is 1. The van der Waals surface area contributed by atoms with Gasteiger partial charge in [0.1, 0.15) is 5.82 Å². The van der Waals surface area contributed by atoms with E-state index < -0.39 is 0 Å². The van der Waals surface area contributed by atoms with Gasteiger partial charge in [0.15, 0.2) is 0 Å². The summed E-state index contributed by atoms with van der Waals surface area (Å²) in [6.07, 6.45) is 9.88. The Balaban J connectivity index is 1.95. The molecule has 1 aromatic rings. The van der Waals surface area contributed by atoms with Crippen LogP contribution in [-0.4, -0.2) is 6.04 Å². The molecule has 2 nitrogen and oxygen atoms in total. The van der Waals surface area contributed by atoms with Gasteiger partial charge in [-0.2, -0.15) is 0 Å². The third-order valence-electron chi connectivity index (χ3n) is 4.33. The summed E-state index contributed by atoms with van der Waals surface area (Å²) in [5, 5.41) is 0. The molecule has 0 radical (unpaired) electrons. The molecule has 0 heterocycles. The van der Waals surface area contributed by atoms with Crippen molar-refractivity contribution in [3.05, 3.63) is 34.1 Å². The molecule has 4 heteroatoms. The monoisotopic (exact) mass is 342 g/mol. The van der Waals surface area contributed by atoms with Gasteiger partial charge in [0.05, 0.1) is 4.47 Å². The Morgan fingerprint density at radius 2 is 1.95 bits per heavy atom. The fraction of sp³-hybridized carbons (Fsp3) is 0.625. The number of hydrogen-bond acceptors (Lipinski definition) is 2. The van der Waals surface area contributed by atoms with Crippen molar-refractivity contribution in [1.29, 1.82) is 0 Å². The summed E-state index contributed by atoms with van der Waals surface area (Å²) < 4.78 is 14.1. The van der Waals surface area contributed by atoms with Gasteiger partial charge in [0.25, 0.3) is 0 Å². The van der Waals surface area contributed by atoms with Gasteiger partial charge in [-0.3, -0.25) is 11.3 Å². The van der Waals surface area contributed by atoms with Crippen molar-refractivity contribution in [2.24, 2.45) is 11.8 Å². The predicted octanol–water partition coefficient (Wildman–Crippen LogP) is 4.32. The molecular weight excluding hydrogens is 319 g/mol. The van der Waals surface area contributed by atoms with Gasteiger partial charge < -0.3 is 0 Å². The highest BCUT2D eigenvalue weighted by atomic mass is 79.9. The molecule has 1 aliphatic rings. The molecule has 0 amide bonds. The lowest BCUT2D eigenvalue weighted by Crippen LogP contribution is -2.38. The molecule has 112 valence electrons. The number of nitrogens with two attached hydrogens (primary N) is 1. The van der Waals surface area contributed by atoms with Gasteiger partial charge in [0.2, 0.25) is 0 Å². The fourth-order valence-electron chi connectivity index (χ4n) is 3.18. The minimum absolute atomic E-state index is 0.201. The second-order valence-electron chi connectivity index (χ2n) is 5.87. The summed E-state index contributed by atoms with van der Waals surface area (Å²) in [6.45, 7) is 0. The Hall–Kier alpha value is -0.450. The average molecular weight is 343 g/mol. The van der Waals surface area contributed by atoms with Gasteiger partial charge in [-0.05, 0) is 46.3 Å². The molecule has 1 atom stereocenters. The Bertz CT molecular complexity index is 417. The Labute approximate surface area is 129 Å². The van der Waals surface area contributed by atoms with Crippen molar-refractivity contribution < 1.29 is 4.39 Å². The van der Waals surface area contributed by atoms with E-state index in [4.69, 9.17) is 5.84 Å². The summed E-state index contributed by atoms with van der Waals surface area (Å²) in [4.78, 5) is 0. The summed E-state index contributed by atoms with van der Waals surface area (Å²) in [7, 11) is 0. The van der Waals surface area contributed by atoms with E-state index in [2.05, 4.69) is 21.4 Å². The summed E-state index contributed by atoms with van der Waals surface area (Å²) >= 11 is 3.33. The Morgan fingerprint density at radius 1 is 1.25 bits per heavy atom. The maximum atomic E-state index is 13.5. The minimum Gasteiger partial charge on any atom is -0.271 e. The van der Waals surface area contributed by atoms with Crippen LogP contribution in [0.2, 0.25) is 0 Å². The zero-order chi connectivity index (χ0) is 14.4. The van der Waals surface area contributed by atoms with Crippen LogP contribution in [0.4, 0.5) is 4.39 Å². The zero-order valence-electron chi connectivity index (χ0n) is 11.9. The van der Waals surface area contributed by atoms with E-state index in [1.165, 1.54) is 44.6 Å². The van der Waals surface area contributed by atoms with E-state index in [-0.39, 0.29) is 11.9 Å². The van der Waals surface area contributed by atoms with Gasteiger partial charge >= 0.3 is 0 Å². The topological polar surface area (TPSA) is 38.0 Å². The van der Waals surface area contributed by atoms with Crippen molar-refractivity contribution >= 4 is 15.9 Å². The van der Waals surface area contributed by atoms with Crippen LogP contribution in [0.5, 0.6) is 0 Å². The highest BCUT2D eigenvalue weighted by Gasteiger charge is 2.19. The Kier molecular flexibility index (Phi) is 6.46. The first kappa shape index (κ1) is 15.9. The minimum atomic E-state index is -0.201. The summed E-state index contributed by atoms with van der Waals surface area (Å²) in [5.74, 6) is 6.26. The van der Waals surface area contributed by atoms with E-state index in [1.807, 2.05) is 6.07 Å². The first-order valence-electron chi connectivity index (χ1n) is 7.59. The molecule has 1 unspecified atom stereocenters. The quantitative estimate of drug-likeness (QED) is 0.475. The van der Waals surface area contributed by atoms with Gasteiger partial charge in [0, 0.05) is 6.04 Å². The number of halogens is 2. The lowest BCUT2D eigenvalue weighted by atomic mass is 9.90. The van der Waals surface area contributed by atoms with Crippen molar-refractivity contribution in [3.63, 3.8) is 0 Å². The molecular formula is C16H24BrFN2. The zero-order valence-corrected chi connectivity index (χ0v) is 13.5. The molecule has 1 saturated carbocycles. The Morgan fingerprint density at radius 3 is 2.60 bits per heavy atom. The van der Waals surface area contributed by atoms with E-state index in [0.29, 0.717) is 4.47 Å². The number of benzene rings is 1. The first-order valence-corrected chi connectivity index (χ1v) is 8.39. The largest absolute Gasteiger partial charge is 0.271 e. The van der Waals surface area contributed by atoms with Crippen LogP contribution in [0.3, 0.4) is 0 Å². The molecule has 0 saturated heterocycles. The van der Waals surface area contributed by atoms with E-state index in [0.717, 1.165) is 24.3 Å². The number of nitrogens with one attached hydrogen (secondary N) is 1. The molecule has 1 aliphatic carbocycles. The summed E-state index contributed by atoms with van der Waals surface area (Å²) in [5.41, 5.74) is 3.91. The van der Waals surface area contributed by atoms with Crippen LogP contribution in [0.1, 0.15) is 50.5 Å². The molecule has 20 heavy (non-hydrogen) atoms. The lowest BCUT2D eigenvalue weighted by Gasteiger charge is -2.22. The maximum absolute atomic E-state index is 13.5. The fourth-order valence-corrected chi connectivity index (χ4v) is 3.61. The second kappa shape index (κ2) is 8.11. The smallest absolute Gasteiger partial charge is 0.137 e. The molecule has 0 aromatic heterocycles. The third kappa shape index (κ3) is 4.54. The van der Waals surface area contributed by atoms with Crippen LogP contribution in [0, 0.1) is 11.7 Å². The molecule has 0 bridgehead atoms. The van der Waals surface area contributed by atoms with Gasteiger partial charge in [-0.15, -0.1) is 0 Å². The van der Waals surface area contributed by atoms with Crippen LogP contribution >= 0.6 is 15.9 Å². The molecule has 3 N–H and O–H groups in total. The molecule has 2 rings (SSSR count). The first-order chi connectivity index (χ1) is 9.70. The second-order valence-corrected chi connectivity index (χ2v) is 6.67. The summed E-state index contributed by atoms with van der Waals surface area (Å²) in [6, 6.07) is 5.42. The van der Waals surface area contributed by atoms with Crippen LogP contribution in [-0.2, 0) is 6.42 Å². The van der Waals surface area contributed by atoms with Crippen LogP contribution < -0.4 is 11.3 Å². The van der Waals surface area contributed by atoms with E-state index in [1.54, 1.807) is 6.07 Å². The van der Waals surface area contributed by atoms with E-state index >= 15 is 0 Å². The molecule has 0 spiro atoms. The van der Waals surface area contributed by atoms with Crippen molar-refractivity contribution in [1.82, 2.24) is 5.43 Å². The number of rotatable bonds is 5. The molecule has 1 fully saturated rings. The van der Waals surface area contributed by atoms with E-state index in [9.17, 15) is 4.39 Å². The standard InChI is InChI=1S/C16H24BrFN2/c17-16-13(8-5-9-15(16)18)11-14(20-19)10-12-6-3-1-2-4-7-12/h5,8-9,12,14,20H,1-4,6-7,10-11,19H2. The van der Waals surface area contributed by atoms with Gasteiger partial charge in [-0.1, -0.05) is 50.7 Å². The molecule has 1 aromatic carbocycles. The van der Waals surface area contributed by atoms with Gasteiger partial charge in [-0.25, -0.2) is 4.39 Å². The normalized spacial score (nSPS) is 18.8. The highest BCUT2D eigenvalue weighted by molar-refractivity contribution is 9.10. The maximum Gasteiger partial charge on any atom is 0.137 e. The van der Waals surface area contributed by atoms with Crippen LogP contribution in [0.15, 0.2) is 22.7 Å². The number of hydrogen-bond donors (Lipinski definition) is 2. The van der Waals surface area contributed by atoms with Crippen LogP contribution in [0.25, 0.3) is 0 Å². The SMILES string of the molecule is NNC(Cc1cccc(F)c1Br)CC1CCCCCC1. The highest BCUT2D eigenvalue weighted by Crippen LogP contribution is 2.28. The predicted molar refractivity (Wildman–Crippen MR) is 84.7 cm³/mol. The lowest BCUT2D eigenvalue weighted by molar-refractivity contribution is 0.352. The van der Waals surface area contributed by atoms with Crippen molar-refractivity contribution in [2.75, 3.05) is 0 Å². The average Bonchev–Trinajstić information content (AvgIpc) is 2.71. The molecule has 0 aliphatic heterocycles. The van der Waals surface area contributed by atoms with Crippen molar-refractivity contribution in [2.45, 2.75) is 57.4 Å². The third-order valence-corrected chi connectivity index (χ3v) is 5.21.